The highest BCUT2D eigenvalue weighted by Crippen LogP contribution is 2.38. The maximum atomic E-state index is 11.9. The van der Waals surface area contributed by atoms with Crippen LogP contribution in [-0.4, -0.2) is 15.8 Å². The lowest BCUT2D eigenvalue weighted by Crippen LogP contribution is -2.31. The predicted molar refractivity (Wildman–Crippen MR) is 79.8 cm³/mol. The van der Waals surface area contributed by atoms with Gasteiger partial charge in [-0.2, -0.15) is 4.84 Å². The van der Waals surface area contributed by atoms with Gasteiger partial charge in [0.05, 0.1) is 10.5 Å². The molecule has 0 spiro atoms. The first-order valence-corrected chi connectivity index (χ1v) is 7.81. The Hall–Kier alpha value is -1.16. The molecule has 0 radical (unpaired) electrons. The molecule has 0 amide bonds. The van der Waals surface area contributed by atoms with Gasteiger partial charge in [-0.15, -0.1) is 6.58 Å². The minimum absolute atomic E-state index is 0.254. The van der Waals surface area contributed by atoms with Gasteiger partial charge < -0.3 is 5.11 Å². The fourth-order valence-corrected chi connectivity index (χ4v) is 2.62. The van der Waals surface area contributed by atoms with E-state index in [-0.39, 0.29) is 6.42 Å². The summed E-state index contributed by atoms with van der Waals surface area (Å²) >= 11 is 0. The molecule has 0 aromatic heterocycles. The van der Waals surface area contributed by atoms with Crippen molar-refractivity contribution in [1.82, 2.24) is 0 Å². The summed E-state index contributed by atoms with van der Waals surface area (Å²) in [6, 6.07) is 0. The molecule has 0 fully saturated rings. The third kappa shape index (κ3) is 4.17. The molecule has 0 aromatic carbocycles. The lowest BCUT2D eigenvalue weighted by atomic mass is 9.94. The van der Waals surface area contributed by atoms with Crippen molar-refractivity contribution in [2.24, 2.45) is 0 Å². The summed E-state index contributed by atoms with van der Waals surface area (Å²) in [5.74, 6) is -1.47. The van der Waals surface area contributed by atoms with E-state index in [0.29, 0.717) is 17.0 Å². The molecular formula is C16H28NO3+. The molecule has 0 saturated carbocycles. The minimum atomic E-state index is -1.47. The highest BCUT2D eigenvalue weighted by Gasteiger charge is 2.52. The largest absolute Gasteiger partial charge is 0.347 e. The first-order chi connectivity index (χ1) is 9.59. The fraction of sp³-hybridized carbons (Fsp3) is 0.750. The van der Waals surface area contributed by atoms with E-state index in [0.717, 1.165) is 50.5 Å². The van der Waals surface area contributed by atoms with E-state index in [4.69, 9.17) is 4.84 Å². The van der Waals surface area contributed by atoms with Gasteiger partial charge in [0.2, 0.25) is 0 Å². The molecule has 0 saturated heterocycles. The van der Waals surface area contributed by atoms with E-state index in [1.807, 2.05) is 0 Å². The molecule has 1 N–H and O–H groups in total. The Morgan fingerprint density at radius 2 is 1.80 bits per heavy atom. The van der Waals surface area contributed by atoms with E-state index < -0.39 is 5.79 Å². The molecule has 1 aliphatic rings. The molecule has 4 nitrogen and oxygen atoms in total. The predicted octanol–water partition coefficient (Wildman–Crippen LogP) is 4.39. The van der Waals surface area contributed by atoms with Crippen LogP contribution in [0.3, 0.4) is 0 Å². The van der Waals surface area contributed by atoms with Crippen LogP contribution in [0.15, 0.2) is 23.9 Å². The zero-order valence-corrected chi connectivity index (χ0v) is 12.9. The van der Waals surface area contributed by atoms with Crippen LogP contribution in [0.2, 0.25) is 0 Å². The lowest BCUT2D eigenvalue weighted by molar-refractivity contribution is -0.787. The van der Waals surface area contributed by atoms with Crippen LogP contribution in [0.25, 0.3) is 0 Å². The first-order valence-electron chi connectivity index (χ1n) is 7.81. The second-order valence-corrected chi connectivity index (χ2v) is 5.47. The van der Waals surface area contributed by atoms with Crippen LogP contribution in [0.5, 0.6) is 0 Å². The van der Waals surface area contributed by atoms with Crippen molar-refractivity contribution >= 4 is 0 Å². The Kier molecular flexibility index (Phi) is 6.93. The number of rotatable bonds is 10. The molecule has 1 atom stereocenters. The maximum absolute atomic E-state index is 11.9. The van der Waals surface area contributed by atoms with Crippen LogP contribution >= 0.6 is 0 Å². The molecule has 1 rings (SSSR count). The van der Waals surface area contributed by atoms with Gasteiger partial charge in [0, 0.05) is 12.8 Å². The van der Waals surface area contributed by atoms with Gasteiger partial charge in [-0.1, -0.05) is 45.6 Å². The third-order valence-corrected chi connectivity index (χ3v) is 3.74. The standard InChI is InChI=1S/C16H28NO3/c1-4-7-9-11-14-15(12-10-8-5-2)17(19)20-16(14,18)13-6-3/h6,18H,3-5,7-13H2,1-2H3/q+1. The molecule has 20 heavy (non-hydrogen) atoms. The van der Waals surface area contributed by atoms with Crippen LogP contribution < -0.4 is 0 Å². The molecule has 0 aliphatic carbocycles. The lowest BCUT2D eigenvalue weighted by Gasteiger charge is -2.16. The first kappa shape index (κ1) is 16.9. The zero-order valence-electron chi connectivity index (χ0n) is 12.9. The highest BCUT2D eigenvalue weighted by molar-refractivity contribution is 5.20. The fourth-order valence-electron chi connectivity index (χ4n) is 2.62. The number of allylic oxidation sites excluding steroid dienone is 1. The van der Waals surface area contributed by atoms with Crippen molar-refractivity contribution in [3.05, 3.63) is 28.8 Å². The number of nitrogens with zero attached hydrogens (tertiary/aromatic N) is 1. The minimum Gasteiger partial charge on any atom is -0.347 e. The SMILES string of the molecule is C=CCC1(O)O[N+](=O)C(CCCCC)=C1CCCCC. The van der Waals surface area contributed by atoms with Crippen LogP contribution in [-0.2, 0) is 4.84 Å². The van der Waals surface area contributed by atoms with Crippen molar-refractivity contribution in [3.63, 3.8) is 0 Å². The molecule has 1 unspecified atom stereocenters. The van der Waals surface area contributed by atoms with Gasteiger partial charge >= 0.3 is 5.79 Å². The maximum Gasteiger partial charge on any atom is 0.315 e. The van der Waals surface area contributed by atoms with Gasteiger partial charge in [0.15, 0.2) is 0 Å². The van der Waals surface area contributed by atoms with Crippen molar-refractivity contribution in [3.8, 4) is 0 Å². The quantitative estimate of drug-likeness (QED) is 0.477. The summed E-state index contributed by atoms with van der Waals surface area (Å²) in [5, 5.41) is 10.6. The molecule has 1 heterocycles. The van der Waals surface area contributed by atoms with Crippen LogP contribution in [0.1, 0.15) is 71.6 Å². The van der Waals surface area contributed by atoms with Gasteiger partial charge in [0.25, 0.3) is 10.6 Å². The van der Waals surface area contributed by atoms with E-state index in [1.54, 1.807) is 6.08 Å². The van der Waals surface area contributed by atoms with E-state index in [2.05, 4.69) is 20.4 Å². The Morgan fingerprint density at radius 3 is 2.35 bits per heavy atom. The van der Waals surface area contributed by atoms with E-state index >= 15 is 0 Å². The molecule has 1 aliphatic heterocycles. The number of aliphatic hydroxyl groups is 1. The van der Waals surface area contributed by atoms with Crippen LogP contribution in [0.4, 0.5) is 0 Å². The normalized spacial score (nSPS) is 22.2. The van der Waals surface area contributed by atoms with Crippen molar-refractivity contribution in [1.29, 1.82) is 0 Å². The van der Waals surface area contributed by atoms with Crippen LogP contribution in [0, 0.1) is 4.91 Å². The van der Waals surface area contributed by atoms with Gasteiger partial charge in [-0.05, 0) is 19.3 Å². The summed E-state index contributed by atoms with van der Waals surface area (Å²) in [4.78, 5) is 17.6. The summed E-state index contributed by atoms with van der Waals surface area (Å²) in [6.07, 6.45) is 9.57. The molecular weight excluding hydrogens is 254 g/mol. The smallest absolute Gasteiger partial charge is 0.315 e. The Morgan fingerprint density at radius 1 is 1.20 bits per heavy atom. The summed E-state index contributed by atoms with van der Waals surface area (Å²) < 4.78 is 0. The molecule has 4 heteroatoms. The molecule has 114 valence electrons. The third-order valence-electron chi connectivity index (χ3n) is 3.74. The monoisotopic (exact) mass is 282 g/mol. The van der Waals surface area contributed by atoms with E-state index in [1.165, 1.54) is 0 Å². The Labute approximate surface area is 122 Å². The number of unbranched alkanes of at least 4 members (excludes halogenated alkanes) is 4. The second-order valence-electron chi connectivity index (χ2n) is 5.47. The average Bonchev–Trinajstić information content (AvgIpc) is 2.63. The van der Waals surface area contributed by atoms with Crippen molar-refractivity contribution in [2.75, 3.05) is 0 Å². The highest BCUT2D eigenvalue weighted by atomic mass is 16.8. The van der Waals surface area contributed by atoms with Gasteiger partial charge in [-0.3, -0.25) is 0 Å². The topological polar surface area (TPSA) is 49.5 Å². The number of hydrogen-bond donors (Lipinski definition) is 1. The van der Waals surface area contributed by atoms with Crippen molar-refractivity contribution < 1.29 is 14.9 Å². The van der Waals surface area contributed by atoms with E-state index in [9.17, 15) is 10.0 Å². The summed E-state index contributed by atoms with van der Waals surface area (Å²) in [6.45, 7) is 7.91. The van der Waals surface area contributed by atoms with Gasteiger partial charge in [-0.25, -0.2) is 0 Å². The zero-order chi connectivity index (χ0) is 15.0. The average molecular weight is 282 g/mol. The summed E-state index contributed by atoms with van der Waals surface area (Å²) in [7, 11) is 0. The Balaban J connectivity index is 2.87. The molecule has 0 aromatic rings. The Bertz CT molecular complexity index is 376. The second kappa shape index (κ2) is 8.20. The number of hydrogen-bond acceptors (Lipinski definition) is 3. The molecule has 0 bridgehead atoms. The van der Waals surface area contributed by atoms with Gasteiger partial charge in [0.1, 0.15) is 0 Å². The summed E-state index contributed by atoms with van der Waals surface area (Å²) in [5.41, 5.74) is 1.39. The van der Waals surface area contributed by atoms with Crippen molar-refractivity contribution in [2.45, 2.75) is 77.4 Å².